The number of halogens is 4. The van der Waals surface area contributed by atoms with Gasteiger partial charge in [0.25, 0.3) is 0 Å². The van der Waals surface area contributed by atoms with Crippen LogP contribution in [0.25, 0.3) is 17.1 Å². The Morgan fingerprint density at radius 1 is 0.818 bits per heavy atom. The summed E-state index contributed by atoms with van der Waals surface area (Å²) in [5.41, 5.74) is 0.570. The maximum absolute atomic E-state index is 13.5. The third kappa shape index (κ3) is 4.41. The summed E-state index contributed by atoms with van der Waals surface area (Å²) >= 11 is 0. The highest BCUT2D eigenvalue weighted by Gasteiger charge is 2.34. The molecule has 0 radical (unpaired) electrons. The van der Waals surface area contributed by atoms with Crippen LogP contribution in [0, 0.1) is 5.95 Å². The number of rotatable bonds is 5. The molecule has 0 amide bonds. The lowest BCUT2D eigenvalue weighted by atomic mass is 9.84. The average Bonchev–Trinajstić information content (AvgIpc) is 3.30. The molecular weight excluding hydrogens is 438 g/mol. The van der Waals surface area contributed by atoms with Crippen LogP contribution in [0.5, 0.6) is 5.88 Å². The molecule has 6 nitrogen and oxygen atoms in total. The van der Waals surface area contributed by atoms with Crippen LogP contribution in [-0.4, -0.2) is 31.8 Å². The van der Waals surface area contributed by atoms with Gasteiger partial charge in [-0.2, -0.15) is 27.6 Å². The number of pyridine rings is 3. The summed E-state index contributed by atoms with van der Waals surface area (Å²) < 4.78 is 58.5. The van der Waals surface area contributed by atoms with E-state index in [1.807, 2.05) is 19.9 Å². The Hall–Kier alpha value is -3.82. The van der Waals surface area contributed by atoms with Crippen LogP contribution in [0.3, 0.4) is 0 Å². The van der Waals surface area contributed by atoms with E-state index < -0.39 is 23.2 Å². The molecule has 0 aliphatic rings. The molecule has 0 aliphatic heterocycles. The summed E-state index contributed by atoms with van der Waals surface area (Å²) in [4.78, 5) is 13.0. The highest BCUT2D eigenvalue weighted by atomic mass is 19.4. The molecule has 0 unspecified atom stereocenters. The van der Waals surface area contributed by atoms with E-state index >= 15 is 0 Å². The molecule has 4 aromatic heterocycles. The van der Waals surface area contributed by atoms with Crippen molar-refractivity contribution in [3.63, 3.8) is 0 Å². The predicted octanol–water partition coefficient (Wildman–Crippen LogP) is 5.22. The Balaban J connectivity index is 1.72. The van der Waals surface area contributed by atoms with Gasteiger partial charge in [-0.25, -0.2) is 9.67 Å². The zero-order valence-electron chi connectivity index (χ0n) is 17.9. The fraction of sp³-hybridized carbons (Fsp3) is 0.217. The summed E-state index contributed by atoms with van der Waals surface area (Å²) in [6, 6.07) is 14.1. The van der Waals surface area contributed by atoms with Gasteiger partial charge in [-0.05, 0) is 56.3 Å². The van der Waals surface area contributed by atoms with Gasteiger partial charge in [-0.3, -0.25) is 4.98 Å². The van der Waals surface area contributed by atoms with Crippen molar-refractivity contribution in [2.75, 3.05) is 7.11 Å². The van der Waals surface area contributed by atoms with Crippen LogP contribution in [-0.2, 0) is 11.6 Å². The van der Waals surface area contributed by atoms with Crippen LogP contribution in [0.2, 0.25) is 0 Å². The van der Waals surface area contributed by atoms with E-state index in [2.05, 4.69) is 15.1 Å². The molecule has 0 spiro atoms. The SMILES string of the molecule is COc1nc(F)ccc1-c1cccc(C(C)(C)c2cccc(-n3ccc(C(F)(F)F)n3)n2)n1. The molecule has 170 valence electrons. The van der Waals surface area contributed by atoms with Crippen molar-refractivity contribution in [2.45, 2.75) is 25.4 Å². The minimum atomic E-state index is -4.54. The van der Waals surface area contributed by atoms with Crippen LogP contribution >= 0.6 is 0 Å². The van der Waals surface area contributed by atoms with E-state index in [1.54, 1.807) is 30.3 Å². The second kappa shape index (κ2) is 8.27. The molecule has 0 bridgehead atoms. The monoisotopic (exact) mass is 457 g/mol. The Kier molecular flexibility index (Phi) is 5.61. The van der Waals surface area contributed by atoms with Gasteiger partial charge in [-0.15, -0.1) is 0 Å². The fourth-order valence-corrected chi connectivity index (χ4v) is 3.33. The fourth-order valence-electron chi connectivity index (χ4n) is 3.33. The molecule has 0 aliphatic carbocycles. The van der Waals surface area contributed by atoms with E-state index in [-0.39, 0.29) is 11.7 Å². The average molecular weight is 457 g/mol. The number of aromatic nitrogens is 5. The Labute approximate surface area is 186 Å². The Bertz CT molecular complexity index is 1300. The normalized spacial score (nSPS) is 12.1. The van der Waals surface area contributed by atoms with Crippen LogP contribution in [0.4, 0.5) is 17.6 Å². The quantitative estimate of drug-likeness (QED) is 0.304. The van der Waals surface area contributed by atoms with Gasteiger partial charge in [0.1, 0.15) is 0 Å². The summed E-state index contributed by atoms with van der Waals surface area (Å²) in [5.74, 6) is -0.311. The van der Waals surface area contributed by atoms with E-state index in [4.69, 9.17) is 9.72 Å². The molecule has 4 aromatic rings. The predicted molar refractivity (Wildman–Crippen MR) is 112 cm³/mol. The molecule has 33 heavy (non-hydrogen) atoms. The maximum atomic E-state index is 13.5. The van der Waals surface area contributed by atoms with Crippen molar-refractivity contribution >= 4 is 0 Å². The number of hydrogen-bond acceptors (Lipinski definition) is 5. The zero-order valence-corrected chi connectivity index (χ0v) is 17.9. The van der Waals surface area contributed by atoms with Gasteiger partial charge in [-0.1, -0.05) is 12.1 Å². The van der Waals surface area contributed by atoms with E-state index in [0.29, 0.717) is 22.6 Å². The lowest BCUT2D eigenvalue weighted by Gasteiger charge is -2.24. The first-order valence-electron chi connectivity index (χ1n) is 9.89. The lowest BCUT2D eigenvalue weighted by molar-refractivity contribution is -0.141. The minimum absolute atomic E-state index is 0.108. The van der Waals surface area contributed by atoms with Gasteiger partial charge >= 0.3 is 6.18 Å². The topological polar surface area (TPSA) is 65.7 Å². The second-order valence-corrected chi connectivity index (χ2v) is 7.75. The standard InChI is InChI=1S/C23H19F4N5O/c1-22(2,16-7-4-6-15(28-16)14-10-11-19(24)30-21(14)33-3)17-8-5-9-20(29-17)32-13-12-18(31-32)23(25,26)27/h4-13H,1-3H3. The number of hydrogen-bond donors (Lipinski definition) is 0. The molecule has 0 saturated heterocycles. The highest BCUT2D eigenvalue weighted by Crippen LogP contribution is 2.33. The van der Waals surface area contributed by atoms with Gasteiger partial charge in [0.15, 0.2) is 11.5 Å². The van der Waals surface area contributed by atoms with Crippen LogP contribution in [0.1, 0.15) is 30.9 Å². The van der Waals surface area contributed by atoms with Gasteiger partial charge in [0.05, 0.1) is 29.8 Å². The molecule has 10 heteroatoms. The van der Waals surface area contributed by atoms with E-state index in [1.165, 1.54) is 25.4 Å². The van der Waals surface area contributed by atoms with Crippen molar-refractivity contribution in [2.24, 2.45) is 0 Å². The summed E-state index contributed by atoms with van der Waals surface area (Å²) in [6.45, 7) is 3.80. The highest BCUT2D eigenvalue weighted by molar-refractivity contribution is 5.65. The molecular formula is C23H19F4N5O. The van der Waals surface area contributed by atoms with Crippen molar-refractivity contribution in [1.82, 2.24) is 24.7 Å². The van der Waals surface area contributed by atoms with Crippen molar-refractivity contribution in [1.29, 1.82) is 0 Å². The molecule has 4 rings (SSSR count). The van der Waals surface area contributed by atoms with Gasteiger partial charge in [0.2, 0.25) is 11.8 Å². The maximum Gasteiger partial charge on any atom is 0.435 e. The molecule has 0 N–H and O–H groups in total. The number of alkyl halides is 3. The molecule has 0 atom stereocenters. The van der Waals surface area contributed by atoms with E-state index in [0.717, 1.165) is 10.7 Å². The third-order valence-corrected chi connectivity index (χ3v) is 5.17. The molecule has 0 saturated carbocycles. The largest absolute Gasteiger partial charge is 0.480 e. The number of methoxy groups -OCH3 is 1. The lowest BCUT2D eigenvalue weighted by Crippen LogP contribution is -2.23. The van der Waals surface area contributed by atoms with Crippen molar-refractivity contribution in [3.05, 3.63) is 83.8 Å². The Morgan fingerprint density at radius 3 is 2.18 bits per heavy atom. The first kappa shape index (κ1) is 22.4. The zero-order chi connectivity index (χ0) is 23.8. The summed E-state index contributed by atoms with van der Waals surface area (Å²) in [7, 11) is 1.40. The molecule has 0 fully saturated rings. The third-order valence-electron chi connectivity index (χ3n) is 5.17. The second-order valence-electron chi connectivity index (χ2n) is 7.75. The first-order valence-corrected chi connectivity index (χ1v) is 9.89. The van der Waals surface area contributed by atoms with Crippen LogP contribution < -0.4 is 4.74 Å². The minimum Gasteiger partial charge on any atom is -0.480 e. The van der Waals surface area contributed by atoms with Gasteiger partial charge in [0, 0.05) is 11.6 Å². The Morgan fingerprint density at radius 2 is 1.52 bits per heavy atom. The number of ether oxygens (including phenoxy) is 1. The van der Waals surface area contributed by atoms with Crippen molar-refractivity contribution in [3.8, 4) is 23.0 Å². The molecule has 4 heterocycles. The smallest absolute Gasteiger partial charge is 0.435 e. The number of nitrogens with zero attached hydrogens (tertiary/aromatic N) is 5. The van der Waals surface area contributed by atoms with Crippen molar-refractivity contribution < 1.29 is 22.3 Å². The van der Waals surface area contributed by atoms with E-state index in [9.17, 15) is 17.6 Å². The summed E-state index contributed by atoms with van der Waals surface area (Å²) in [6.07, 6.45) is -3.32. The van der Waals surface area contributed by atoms with Gasteiger partial charge < -0.3 is 4.74 Å². The summed E-state index contributed by atoms with van der Waals surface area (Å²) in [5, 5.41) is 3.59. The first-order chi connectivity index (χ1) is 15.6. The van der Waals surface area contributed by atoms with Crippen LogP contribution in [0.15, 0.2) is 60.8 Å². The molecule has 0 aromatic carbocycles.